The Morgan fingerprint density at radius 1 is 1.10 bits per heavy atom. The SMILES string of the molecule is COc1ccccc1-c1nc(CSc2nnc(-c3ccccc3F)n2C2CC2)cs1. The molecule has 30 heavy (non-hydrogen) atoms. The summed E-state index contributed by atoms with van der Waals surface area (Å²) in [4.78, 5) is 4.77. The van der Waals surface area contributed by atoms with E-state index in [1.165, 1.54) is 6.07 Å². The van der Waals surface area contributed by atoms with Gasteiger partial charge in [-0.05, 0) is 37.1 Å². The van der Waals surface area contributed by atoms with E-state index in [1.807, 2.05) is 30.3 Å². The minimum atomic E-state index is -0.274. The van der Waals surface area contributed by atoms with Gasteiger partial charge in [0, 0.05) is 17.2 Å². The Morgan fingerprint density at radius 3 is 2.63 bits per heavy atom. The van der Waals surface area contributed by atoms with Crippen LogP contribution in [0, 0.1) is 5.82 Å². The van der Waals surface area contributed by atoms with Crippen molar-refractivity contribution in [2.45, 2.75) is 29.8 Å². The van der Waals surface area contributed by atoms with Gasteiger partial charge in [0.25, 0.3) is 0 Å². The van der Waals surface area contributed by atoms with Crippen LogP contribution in [0.2, 0.25) is 0 Å². The van der Waals surface area contributed by atoms with E-state index in [0.29, 0.717) is 23.2 Å². The summed E-state index contributed by atoms with van der Waals surface area (Å²) in [6.07, 6.45) is 2.14. The van der Waals surface area contributed by atoms with Crippen LogP contribution < -0.4 is 4.74 Å². The first-order chi connectivity index (χ1) is 14.7. The van der Waals surface area contributed by atoms with Crippen molar-refractivity contribution in [1.29, 1.82) is 0 Å². The summed E-state index contributed by atoms with van der Waals surface area (Å²) < 4.78 is 21.8. The fraction of sp³-hybridized carbons (Fsp3) is 0.227. The quantitative estimate of drug-likeness (QED) is 0.339. The molecule has 5 nitrogen and oxygen atoms in total. The molecule has 0 N–H and O–H groups in total. The van der Waals surface area contributed by atoms with Crippen LogP contribution in [0.15, 0.2) is 59.1 Å². The summed E-state index contributed by atoms with van der Waals surface area (Å²) >= 11 is 3.19. The number of hydrogen-bond acceptors (Lipinski definition) is 6. The summed E-state index contributed by atoms with van der Waals surface area (Å²) in [7, 11) is 1.67. The fourth-order valence-corrected chi connectivity index (χ4v) is 5.17. The van der Waals surface area contributed by atoms with E-state index in [9.17, 15) is 4.39 Å². The second-order valence-electron chi connectivity index (χ2n) is 7.02. The lowest BCUT2D eigenvalue weighted by Crippen LogP contribution is -2.01. The zero-order valence-electron chi connectivity index (χ0n) is 16.3. The summed E-state index contributed by atoms with van der Waals surface area (Å²) in [5.74, 6) is 1.82. The summed E-state index contributed by atoms with van der Waals surface area (Å²) in [5, 5.41) is 12.5. The van der Waals surface area contributed by atoms with E-state index in [1.54, 1.807) is 42.3 Å². The third kappa shape index (κ3) is 3.73. The molecule has 0 bridgehead atoms. The Hall–Kier alpha value is -2.71. The van der Waals surface area contributed by atoms with E-state index in [0.717, 1.165) is 40.0 Å². The molecule has 0 unspecified atom stereocenters. The van der Waals surface area contributed by atoms with Crippen molar-refractivity contribution in [3.63, 3.8) is 0 Å². The van der Waals surface area contributed by atoms with Gasteiger partial charge in [0.05, 0.1) is 23.9 Å². The van der Waals surface area contributed by atoms with Gasteiger partial charge in [-0.1, -0.05) is 36.0 Å². The van der Waals surface area contributed by atoms with Gasteiger partial charge < -0.3 is 4.74 Å². The second kappa shape index (κ2) is 8.20. The van der Waals surface area contributed by atoms with Crippen LogP contribution >= 0.6 is 23.1 Å². The molecular weight excluding hydrogens is 419 g/mol. The van der Waals surface area contributed by atoms with Gasteiger partial charge in [-0.25, -0.2) is 9.37 Å². The number of benzene rings is 2. The van der Waals surface area contributed by atoms with Crippen LogP contribution in [-0.2, 0) is 5.75 Å². The lowest BCUT2D eigenvalue weighted by atomic mass is 10.2. The monoisotopic (exact) mass is 438 g/mol. The molecule has 0 atom stereocenters. The maximum absolute atomic E-state index is 14.3. The lowest BCUT2D eigenvalue weighted by Gasteiger charge is -2.09. The van der Waals surface area contributed by atoms with E-state index in [2.05, 4.69) is 20.1 Å². The van der Waals surface area contributed by atoms with Gasteiger partial charge in [-0.3, -0.25) is 4.57 Å². The van der Waals surface area contributed by atoms with E-state index in [4.69, 9.17) is 9.72 Å². The van der Waals surface area contributed by atoms with Gasteiger partial charge in [0.15, 0.2) is 11.0 Å². The average molecular weight is 439 g/mol. The predicted octanol–water partition coefficient (Wildman–Crippen LogP) is 5.84. The first-order valence-corrected chi connectivity index (χ1v) is 11.5. The number of hydrogen-bond donors (Lipinski definition) is 0. The van der Waals surface area contributed by atoms with E-state index < -0.39 is 0 Å². The van der Waals surface area contributed by atoms with Crippen LogP contribution in [0.1, 0.15) is 24.6 Å². The minimum absolute atomic E-state index is 0.274. The number of methoxy groups -OCH3 is 1. The molecule has 5 rings (SSSR count). The van der Waals surface area contributed by atoms with Gasteiger partial charge in [-0.2, -0.15) is 0 Å². The maximum Gasteiger partial charge on any atom is 0.192 e. The molecule has 1 fully saturated rings. The number of rotatable bonds is 7. The van der Waals surface area contributed by atoms with Crippen LogP contribution in [0.3, 0.4) is 0 Å². The molecule has 0 aliphatic heterocycles. The van der Waals surface area contributed by atoms with Crippen LogP contribution in [0.4, 0.5) is 4.39 Å². The molecule has 2 heterocycles. The highest BCUT2D eigenvalue weighted by Crippen LogP contribution is 2.42. The number of ether oxygens (including phenoxy) is 1. The fourth-order valence-electron chi connectivity index (χ4n) is 3.32. The summed E-state index contributed by atoms with van der Waals surface area (Å²) in [5.41, 5.74) is 2.46. The molecule has 0 saturated heterocycles. The van der Waals surface area contributed by atoms with Gasteiger partial charge in [-0.15, -0.1) is 21.5 Å². The normalized spacial score (nSPS) is 13.5. The van der Waals surface area contributed by atoms with Crippen LogP contribution in [0.5, 0.6) is 5.75 Å². The molecule has 1 saturated carbocycles. The first kappa shape index (κ1) is 19.3. The van der Waals surface area contributed by atoms with Gasteiger partial charge in [0.2, 0.25) is 0 Å². The average Bonchev–Trinajstić information content (AvgIpc) is 3.35. The van der Waals surface area contributed by atoms with Crippen molar-refractivity contribution in [3.05, 3.63) is 65.4 Å². The molecule has 0 spiro atoms. The highest BCUT2D eigenvalue weighted by atomic mass is 32.2. The van der Waals surface area contributed by atoms with Gasteiger partial charge >= 0.3 is 0 Å². The molecule has 8 heteroatoms. The highest BCUT2D eigenvalue weighted by molar-refractivity contribution is 7.98. The topological polar surface area (TPSA) is 52.8 Å². The number of para-hydroxylation sites is 1. The molecule has 1 aliphatic rings. The first-order valence-electron chi connectivity index (χ1n) is 9.65. The molecule has 4 aromatic rings. The highest BCUT2D eigenvalue weighted by Gasteiger charge is 2.31. The lowest BCUT2D eigenvalue weighted by molar-refractivity contribution is 0.416. The van der Waals surface area contributed by atoms with Crippen molar-refractivity contribution in [3.8, 4) is 27.7 Å². The van der Waals surface area contributed by atoms with Crippen molar-refractivity contribution < 1.29 is 9.13 Å². The molecule has 2 aromatic heterocycles. The number of halogens is 1. The molecule has 0 radical (unpaired) electrons. The van der Waals surface area contributed by atoms with Crippen molar-refractivity contribution in [2.24, 2.45) is 0 Å². The number of thiazole rings is 1. The smallest absolute Gasteiger partial charge is 0.192 e. The Balaban J connectivity index is 1.38. The van der Waals surface area contributed by atoms with Gasteiger partial charge in [0.1, 0.15) is 16.6 Å². The molecular formula is C22H19FN4OS2. The standard InChI is InChI=1S/C22H19FN4OS2/c1-28-19-9-5-3-7-17(19)21-24-14(12-29-21)13-30-22-26-25-20(27(22)15-10-11-15)16-6-2-4-8-18(16)23/h2-9,12,15H,10-11,13H2,1H3. The van der Waals surface area contributed by atoms with Crippen molar-refractivity contribution in [1.82, 2.24) is 19.7 Å². The van der Waals surface area contributed by atoms with E-state index >= 15 is 0 Å². The number of aromatic nitrogens is 4. The molecule has 152 valence electrons. The number of thioether (sulfide) groups is 1. The Labute approximate surface area is 182 Å². The molecule has 2 aromatic carbocycles. The van der Waals surface area contributed by atoms with Crippen molar-refractivity contribution in [2.75, 3.05) is 7.11 Å². The minimum Gasteiger partial charge on any atom is -0.496 e. The Kier molecular flexibility index (Phi) is 5.26. The second-order valence-corrected chi connectivity index (χ2v) is 8.82. The zero-order valence-corrected chi connectivity index (χ0v) is 17.9. The summed E-state index contributed by atoms with van der Waals surface area (Å²) in [6.45, 7) is 0. The Bertz CT molecular complexity index is 1190. The molecule has 1 aliphatic carbocycles. The largest absolute Gasteiger partial charge is 0.496 e. The van der Waals surface area contributed by atoms with Crippen molar-refractivity contribution >= 4 is 23.1 Å². The van der Waals surface area contributed by atoms with Crippen LogP contribution in [-0.4, -0.2) is 26.9 Å². The maximum atomic E-state index is 14.3. The predicted molar refractivity (Wildman–Crippen MR) is 117 cm³/mol. The zero-order chi connectivity index (χ0) is 20.5. The summed E-state index contributed by atoms with van der Waals surface area (Å²) in [6, 6.07) is 15.0. The number of nitrogens with zero attached hydrogens (tertiary/aromatic N) is 4. The molecule has 0 amide bonds. The van der Waals surface area contributed by atoms with E-state index in [-0.39, 0.29) is 5.82 Å². The third-order valence-electron chi connectivity index (χ3n) is 4.93. The third-order valence-corrected chi connectivity index (χ3v) is 6.83. The Morgan fingerprint density at radius 2 is 1.87 bits per heavy atom. The van der Waals surface area contributed by atoms with Crippen LogP contribution in [0.25, 0.3) is 22.0 Å².